The molecule has 0 fully saturated rings. The third-order valence-corrected chi connectivity index (χ3v) is 2.58. The third kappa shape index (κ3) is 5.42. The molecule has 100 valence electrons. The number of hydrogen-bond donors (Lipinski definition) is 2. The van der Waals surface area contributed by atoms with Crippen LogP contribution in [0.5, 0.6) is 0 Å². The first-order valence-corrected chi connectivity index (χ1v) is 6.16. The SMILES string of the molecule is CCN(CC)C(=O)NCNC(=O)N(CC)CC. The minimum Gasteiger partial charge on any atom is -0.325 e. The number of nitrogens with one attached hydrogen (secondary N) is 2. The molecule has 0 saturated heterocycles. The molecule has 0 aliphatic carbocycles. The van der Waals surface area contributed by atoms with E-state index in [1.165, 1.54) is 0 Å². The second-order valence-corrected chi connectivity index (χ2v) is 3.49. The summed E-state index contributed by atoms with van der Waals surface area (Å²) in [5, 5.41) is 5.29. The van der Waals surface area contributed by atoms with Crippen LogP contribution in [0, 0.1) is 0 Å². The highest BCUT2D eigenvalue weighted by Crippen LogP contribution is 1.88. The average Bonchev–Trinajstić information content (AvgIpc) is 2.32. The van der Waals surface area contributed by atoms with Crippen LogP contribution in [0.2, 0.25) is 0 Å². The number of amides is 4. The summed E-state index contributed by atoms with van der Waals surface area (Å²) in [4.78, 5) is 26.4. The van der Waals surface area contributed by atoms with Crippen molar-refractivity contribution in [3.05, 3.63) is 0 Å². The van der Waals surface area contributed by atoms with Crippen molar-refractivity contribution in [1.82, 2.24) is 20.4 Å². The van der Waals surface area contributed by atoms with Crippen molar-refractivity contribution >= 4 is 12.1 Å². The average molecular weight is 244 g/mol. The van der Waals surface area contributed by atoms with Gasteiger partial charge < -0.3 is 20.4 Å². The van der Waals surface area contributed by atoms with Gasteiger partial charge in [0.1, 0.15) is 0 Å². The van der Waals surface area contributed by atoms with Crippen LogP contribution in [-0.4, -0.2) is 54.7 Å². The molecule has 6 heteroatoms. The molecule has 2 N–H and O–H groups in total. The number of nitrogens with zero attached hydrogens (tertiary/aromatic N) is 2. The second kappa shape index (κ2) is 8.66. The zero-order valence-corrected chi connectivity index (χ0v) is 11.2. The molecule has 0 aromatic rings. The molecule has 0 aromatic carbocycles. The van der Waals surface area contributed by atoms with Crippen LogP contribution in [-0.2, 0) is 0 Å². The van der Waals surface area contributed by atoms with Gasteiger partial charge in [-0.1, -0.05) is 0 Å². The Morgan fingerprint density at radius 3 is 1.29 bits per heavy atom. The summed E-state index contributed by atoms with van der Waals surface area (Å²) in [6.07, 6.45) is 0. The summed E-state index contributed by atoms with van der Waals surface area (Å²) in [5.41, 5.74) is 0. The van der Waals surface area contributed by atoms with E-state index < -0.39 is 0 Å². The molecule has 0 aliphatic heterocycles. The molecule has 6 nitrogen and oxygen atoms in total. The maximum absolute atomic E-state index is 11.5. The van der Waals surface area contributed by atoms with Crippen LogP contribution in [0.15, 0.2) is 0 Å². The molecular weight excluding hydrogens is 220 g/mol. The topological polar surface area (TPSA) is 64.7 Å². The van der Waals surface area contributed by atoms with Gasteiger partial charge in [-0.05, 0) is 27.7 Å². The number of urea groups is 2. The van der Waals surface area contributed by atoms with Gasteiger partial charge in [0.2, 0.25) is 0 Å². The summed E-state index contributed by atoms with van der Waals surface area (Å²) >= 11 is 0. The Morgan fingerprint density at radius 2 is 1.06 bits per heavy atom. The monoisotopic (exact) mass is 244 g/mol. The third-order valence-electron chi connectivity index (χ3n) is 2.58. The van der Waals surface area contributed by atoms with Crippen LogP contribution < -0.4 is 10.6 Å². The molecule has 17 heavy (non-hydrogen) atoms. The van der Waals surface area contributed by atoms with Crippen molar-refractivity contribution in [2.45, 2.75) is 27.7 Å². The zero-order chi connectivity index (χ0) is 13.3. The van der Waals surface area contributed by atoms with Gasteiger partial charge in [-0.3, -0.25) is 0 Å². The Hall–Kier alpha value is -1.46. The largest absolute Gasteiger partial charge is 0.325 e. The number of carbonyl (C=O) groups excluding carboxylic acids is 2. The van der Waals surface area contributed by atoms with Gasteiger partial charge in [-0.2, -0.15) is 0 Å². The van der Waals surface area contributed by atoms with E-state index in [0.717, 1.165) is 0 Å². The van der Waals surface area contributed by atoms with Crippen molar-refractivity contribution in [3.63, 3.8) is 0 Å². The first kappa shape index (κ1) is 15.5. The van der Waals surface area contributed by atoms with E-state index in [1.807, 2.05) is 27.7 Å². The highest BCUT2D eigenvalue weighted by atomic mass is 16.2. The van der Waals surface area contributed by atoms with Crippen LogP contribution in [0.3, 0.4) is 0 Å². The molecule has 0 unspecified atom stereocenters. The van der Waals surface area contributed by atoms with Gasteiger partial charge in [0.15, 0.2) is 0 Å². The summed E-state index contributed by atoms with van der Waals surface area (Å²) in [7, 11) is 0. The van der Waals surface area contributed by atoms with Gasteiger partial charge >= 0.3 is 12.1 Å². The smallest absolute Gasteiger partial charge is 0.318 e. The van der Waals surface area contributed by atoms with E-state index in [2.05, 4.69) is 10.6 Å². The number of carbonyl (C=O) groups is 2. The van der Waals surface area contributed by atoms with Gasteiger partial charge in [-0.25, -0.2) is 9.59 Å². The maximum Gasteiger partial charge on any atom is 0.318 e. The maximum atomic E-state index is 11.5. The van der Waals surface area contributed by atoms with E-state index in [0.29, 0.717) is 26.2 Å². The quantitative estimate of drug-likeness (QED) is 0.686. The Labute approximate surface area is 103 Å². The molecule has 0 radical (unpaired) electrons. The fraction of sp³-hybridized carbons (Fsp3) is 0.818. The van der Waals surface area contributed by atoms with Gasteiger partial charge in [-0.15, -0.1) is 0 Å². The molecule has 0 aliphatic rings. The van der Waals surface area contributed by atoms with Gasteiger partial charge in [0.05, 0.1) is 6.67 Å². The molecule has 0 spiro atoms. The van der Waals surface area contributed by atoms with Gasteiger partial charge in [0.25, 0.3) is 0 Å². The van der Waals surface area contributed by atoms with E-state index in [9.17, 15) is 9.59 Å². The standard InChI is InChI=1S/C11H24N4O2/c1-5-14(6-2)10(16)12-9-13-11(17)15(7-3)8-4/h5-9H2,1-4H3,(H,12,16)(H,13,17). The first-order chi connectivity index (χ1) is 8.10. The molecule has 4 amide bonds. The molecule has 0 heterocycles. The lowest BCUT2D eigenvalue weighted by atomic mass is 10.5. The number of hydrogen-bond acceptors (Lipinski definition) is 2. The van der Waals surface area contributed by atoms with E-state index in [4.69, 9.17) is 0 Å². The molecule has 0 atom stereocenters. The molecule has 0 aromatic heterocycles. The van der Waals surface area contributed by atoms with E-state index >= 15 is 0 Å². The Morgan fingerprint density at radius 1 is 0.765 bits per heavy atom. The summed E-state index contributed by atoms with van der Waals surface area (Å²) in [6, 6.07) is -0.315. The molecular formula is C11H24N4O2. The fourth-order valence-corrected chi connectivity index (χ4v) is 1.44. The molecule has 0 saturated carbocycles. The first-order valence-electron chi connectivity index (χ1n) is 6.16. The van der Waals surface area contributed by atoms with Crippen molar-refractivity contribution < 1.29 is 9.59 Å². The van der Waals surface area contributed by atoms with Crippen LogP contribution >= 0.6 is 0 Å². The fourth-order valence-electron chi connectivity index (χ4n) is 1.44. The zero-order valence-electron chi connectivity index (χ0n) is 11.2. The Balaban J connectivity index is 3.90. The lowest BCUT2D eigenvalue weighted by molar-refractivity contribution is 0.195. The van der Waals surface area contributed by atoms with Gasteiger partial charge in [0, 0.05) is 26.2 Å². The molecule has 0 bridgehead atoms. The van der Waals surface area contributed by atoms with Crippen molar-refractivity contribution in [2.24, 2.45) is 0 Å². The lowest BCUT2D eigenvalue weighted by Gasteiger charge is -2.21. The van der Waals surface area contributed by atoms with E-state index in [1.54, 1.807) is 9.80 Å². The second-order valence-electron chi connectivity index (χ2n) is 3.49. The van der Waals surface area contributed by atoms with Crippen molar-refractivity contribution in [2.75, 3.05) is 32.8 Å². The van der Waals surface area contributed by atoms with Crippen LogP contribution in [0.1, 0.15) is 27.7 Å². The van der Waals surface area contributed by atoms with Crippen LogP contribution in [0.25, 0.3) is 0 Å². The van der Waals surface area contributed by atoms with E-state index in [-0.39, 0.29) is 18.7 Å². The highest BCUT2D eigenvalue weighted by Gasteiger charge is 2.10. The Kier molecular flexibility index (Phi) is 7.92. The van der Waals surface area contributed by atoms with Crippen molar-refractivity contribution in [1.29, 1.82) is 0 Å². The normalized spacial score (nSPS) is 9.65. The molecule has 0 rings (SSSR count). The highest BCUT2D eigenvalue weighted by molar-refractivity contribution is 5.76. The summed E-state index contributed by atoms with van der Waals surface area (Å²) in [5.74, 6) is 0. The van der Waals surface area contributed by atoms with Crippen molar-refractivity contribution in [3.8, 4) is 0 Å². The predicted octanol–water partition coefficient (Wildman–Crippen LogP) is 1.05. The Bertz CT molecular complexity index is 214. The lowest BCUT2D eigenvalue weighted by Crippen LogP contribution is -2.48. The van der Waals surface area contributed by atoms with Crippen LogP contribution in [0.4, 0.5) is 9.59 Å². The minimum atomic E-state index is -0.158. The summed E-state index contributed by atoms with van der Waals surface area (Å²) < 4.78 is 0. The number of rotatable bonds is 6. The minimum absolute atomic E-state index is 0.157. The predicted molar refractivity (Wildman–Crippen MR) is 67.8 cm³/mol. The summed E-state index contributed by atoms with van der Waals surface area (Å²) in [6.45, 7) is 10.5.